The van der Waals surface area contributed by atoms with Crippen LogP contribution in [-0.2, 0) is 4.74 Å². The molecule has 0 aliphatic carbocycles. The summed E-state index contributed by atoms with van der Waals surface area (Å²) in [5.41, 5.74) is 5.68. The lowest BCUT2D eigenvalue weighted by Gasteiger charge is -2.36. The molecular weight excluding hydrogens is 206 g/mol. The summed E-state index contributed by atoms with van der Waals surface area (Å²) in [6.45, 7) is 5.62. The average Bonchev–Trinajstić information content (AvgIpc) is 2.29. The summed E-state index contributed by atoms with van der Waals surface area (Å²) in [4.78, 5) is 13.6. The number of hydrogen-bond donors (Lipinski definition) is 2. The highest BCUT2D eigenvalue weighted by Crippen LogP contribution is 2.21. The molecule has 1 heterocycles. The van der Waals surface area contributed by atoms with Crippen LogP contribution >= 0.6 is 0 Å². The Bertz CT molecular complexity index is 223. The van der Waals surface area contributed by atoms with Gasteiger partial charge in [-0.2, -0.15) is 0 Å². The molecule has 5 nitrogen and oxygen atoms in total. The van der Waals surface area contributed by atoms with Gasteiger partial charge in [0.2, 0.25) is 0 Å². The van der Waals surface area contributed by atoms with Gasteiger partial charge in [0.05, 0.1) is 6.61 Å². The maximum atomic E-state index is 11.7. The van der Waals surface area contributed by atoms with Crippen LogP contribution in [0.2, 0.25) is 0 Å². The van der Waals surface area contributed by atoms with E-state index in [0.29, 0.717) is 25.0 Å². The van der Waals surface area contributed by atoms with Crippen molar-refractivity contribution in [2.75, 3.05) is 39.9 Å². The van der Waals surface area contributed by atoms with Gasteiger partial charge in [-0.3, -0.25) is 0 Å². The molecule has 0 radical (unpaired) electrons. The van der Waals surface area contributed by atoms with Gasteiger partial charge in [-0.1, -0.05) is 6.92 Å². The zero-order chi connectivity index (χ0) is 12.0. The Hall–Kier alpha value is -0.810. The lowest BCUT2D eigenvalue weighted by molar-refractivity contribution is 0.136. The molecule has 5 heteroatoms. The van der Waals surface area contributed by atoms with Crippen LogP contribution in [0, 0.1) is 11.8 Å². The molecule has 2 amide bonds. The SMILES string of the molecule is COCCNC(=O)N1CCC(CN)C(C)C1. The highest BCUT2D eigenvalue weighted by molar-refractivity contribution is 5.74. The third-order valence-corrected chi connectivity index (χ3v) is 3.26. The fourth-order valence-corrected chi connectivity index (χ4v) is 2.10. The van der Waals surface area contributed by atoms with Crippen molar-refractivity contribution in [3.63, 3.8) is 0 Å². The summed E-state index contributed by atoms with van der Waals surface area (Å²) in [5, 5.41) is 2.84. The van der Waals surface area contributed by atoms with E-state index in [0.717, 1.165) is 26.1 Å². The van der Waals surface area contributed by atoms with Crippen LogP contribution in [-0.4, -0.2) is 50.8 Å². The number of rotatable bonds is 4. The summed E-state index contributed by atoms with van der Waals surface area (Å²) in [6.07, 6.45) is 1.01. The third-order valence-electron chi connectivity index (χ3n) is 3.26. The van der Waals surface area contributed by atoms with E-state index in [4.69, 9.17) is 10.5 Å². The van der Waals surface area contributed by atoms with Crippen LogP contribution in [0.25, 0.3) is 0 Å². The van der Waals surface area contributed by atoms with E-state index in [9.17, 15) is 4.79 Å². The van der Waals surface area contributed by atoms with Gasteiger partial charge in [0.25, 0.3) is 0 Å². The Morgan fingerprint density at radius 2 is 2.38 bits per heavy atom. The molecule has 0 saturated carbocycles. The summed E-state index contributed by atoms with van der Waals surface area (Å²) >= 11 is 0. The van der Waals surface area contributed by atoms with E-state index in [1.54, 1.807) is 7.11 Å². The fraction of sp³-hybridized carbons (Fsp3) is 0.909. The van der Waals surface area contributed by atoms with E-state index in [1.807, 2.05) is 4.90 Å². The summed E-state index contributed by atoms with van der Waals surface area (Å²) in [5.74, 6) is 1.05. The normalized spacial score (nSPS) is 25.6. The van der Waals surface area contributed by atoms with Crippen molar-refractivity contribution in [3.8, 4) is 0 Å². The van der Waals surface area contributed by atoms with Gasteiger partial charge in [-0.05, 0) is 24.8 Å². The van der Waals surface area contributed by atoms with E-state index in [2.05, 4.69) is 12.2 Å². The molecule has 1 fully saturated rings. The second-order valence-corrected chi connectivity index (χ2v) is 4.43. The Balaban J connectivity index is 2.30. The minimum Gasteiger partial charge on any atom is -0.383 e. The zero-order valence-electron chi connectivity index (χ0n) is 10.2. The van der Waals surface area contributed by atoms with Crippen LogP contribution in [0.3, 0.4) is 0 Å². The molecule has 1 aliphatic rings. The number of urea groups is 1. The quantitative estimate of drug-likeness (QED) is 0.679. The molecular formula is C11H23N3O2. The van der Waals surface area contributed by atoms with Gasteiger partial charge in [0.1, 0.15) is 0 Å². The monoisotopic (exact) mass is 229 g/mol. The number of nitrogens with zero attached hydrogens (tertiary/aromatic N) is 1. The van der Waals surface area contributed by atoms with Crippen LogP contribution in [0.4, 0.5) is 4.79 Å². The molecule has 0 aromatic heterocycles. The fourth-order valence-electron chi connectivity index (χ4n) is 2.10. The number of carbonyl (C=O) groups is 1. The minimum atomic E-state index is 0.0133. The van der Waals surface area contributed by atoms with Crippen molar-refractivity contribution in [3.05, 3.63) is 0 Å². The lowest BCUT2D eigenvalue weighted by atomic mass is 9.87. The van der Waals surface area contributed by atoms with Crippen LogP contribution in [0.15, 0.2) is 0 Å². The van der Waals surface area contributed by atoms with Gasteiger partial charge in [-0.25, -0.2) is 4.79 Å². The average molecular weight is 229 g/mol. The van der Waals surface area contributed by atoms with E-state index >= 15 is 0 Å². The van der Waals surface area contributed by atoms with Crippen molar-refractivity contribution in [1.82, 2.24) is 10.2 Å². The van der Waals surface area contributed by atoms with Gasteiger partial charge in [0, 0.05) is 26.7 Å². The second-order valence-electron chi connectivity index (χ2n) is 4.43. The first-order chi connectivity index (χ1) is 7.69. The Labute approximate surface area is 97.3 Å². The Morgan fingerprint density at radius 3 is 2.94 bits per heavy atom. The zero-order valence-corrected chi connectivity index (χ0v) is 10.2. The minimum absolute atomic E-state index is 0.0133. The van der Waals surface area contributed by atoms with E-state index in [-0.39, 0.29) is 6.03 Å². The second kappa shape index (κ2) is 6.70. The highest BCUT2D eigenvalue weighted by atomic mass is 16.5. The number of nitrogens with two attached hydrogens (primary N) is 1. The number of amides is 2. The summed E-state index contributed by atoms with van der Waals surface area (Å²) in [7, 11) is 1.63. The predicted octanol–water partition coefficient (Wildman–Crippen LogP) is 0.259. The maximum absolute atomic E-state index is 11.7. The van der Waals surface area contributed by atoms with E-state index < -0.39 is 0 Å². The molecule has 16 heavy (non-hydrogen) atoms. The van der Waals surface area contributed by atoms with Crippen molar-refractivity contribution in [1.29, 1.82) is 0 Å². The number of likely N-dealkylation sites (tertiary alicyclic amines) is 1. The molecule has 94 valence electrons. The number of carbonyl (C=O) groups excluding carboxylic acids is 1. The van der Waals surface area contributed by atoms with Gasteiger partial charge in [0.15, 0.2) is 0 Å². The molecule has 1 rings (SSSR count). The first-order valence-electron chi connectivity index (χ1n) is 5.90. The lowest BCUT2D eigenvalue weighted by Crippen LogP contribution is -2.49. The number of methoxy groups -OCH3 is 1. The molecule has 2 atom stereocenters. The van der Waals surface area contributed by atoms with Crippen molar-refractivity contribution in [2.45, 2.75) is 13.3 Å². The van der Waals surface area contributed by atoms with Gasteiger partial charge >= 0.3 is 6.03 Å². The number of piperidine rings is 1. The molecule has 0 bridgehead atoms. The number of ether oxygens (including phenoxy) is 1. The maximum Gasteiger partial charge on any atom is 0.317 e. The standard InChI is InChI=1S/C11H23N3O2/c1-9-8-14(5-3-10(9)7-12)11(15)13-4-6-16-2/h9-10H,3-8,12H2,1-2H3,(H,13,15). The Kier molecular flexibility index (Phi) is 5.55. The molecule has 1 saturated heterocycles. The molecule has 0 spiro atoms. The van der Waals surface area contributed by atoms with Gasteiger partial charge < -0.3 is 20.7 Å². The predicted molar refractivity (Wildman–Crippen MR) is 63.2 cm³/mol. The van der Waals surface area contributed by atoms with Crippen molar-refractivity contribution >= 4 is 6.03 Å². The number of nitrogens with one attached hydrogen (secondary N) is 1. The first kappa shape index (κ1) is 13.3. The number of hydrogen-bond acceptors (Lipinski definition) is 3. The van der Waals surface area contributed by atoms with Crippen LogP contribution in [0.5, 0.6) is 0 Å². The largest absolute Gasteiger partial charge is 0.383 e. The smallest absolute Gasteiger partial charge is 0.317 e. The third kappa shape index (κ3) is 3.64. The van der Waals surface area contributed by atoms with Crippen molar-refractivity contribution in [2.24, 2.45) is 17.6 Å². The molecule has 2 unspecified atom stereocenters. The molecule has 3 N–H and O–H groups in total. The van der Waals surface area contributed by atoms with Crippen LogP contribution in [0.1, 0.15) is 13.3 Å². The van der Waals surface area contributed by atoms with Crippen LogP contribution < -0.4 is 11.1 Å². The topological polar surface area (TPSA) is 67.6 Å². The van der Waals surface area contributed by atoms with Crippen molar-refractivity contribution < 1.29 is 9.53 Å². The van der Waals surface area contributed by atoms with Gasteiger partial charge in [-0.15, -0.1) is 0 Å². The molecule has 1 aliphatic heterocycles. The summed E-state index contributed by atoms with van der Waals surface area (Å²) < 4.78 is 4.89. The Morgan fingerprint density at radius 1 is 1.62 bits per heavy atom. The van der Waals surface area contributed by atoms with E-state index in [1.165, 1.54) is 0 Å². The summed E-state index contributed by atoms with van der Waals surface area (Å²) in [6, 6.07) is 0.0133. The molecule has 0 aromatic rings. The first-order valence-corrected chi connectivity index (χ1v) is 5.90. The highest BCUT2D eigenvalue weighted by Gasteiger charge is 2.27. The molecule has 0 aromatic carbocycles.